The molecule has 0 fully saturated rings. The predicted molar refractivity (Wildman–Crippen MR) is 70.8 cm³/mol. The molecule has 0 saturated carbocycles. The van der Waals surface area contributed by atoms with Crippen LogP contribution in [0.15, 0.2) is 24.4 Å². The Morgan fingerprint density at radius 1 is 1.28 bits per heavy atom. The Hall–Kier alpha value is -1.84. The lowest BCUT2D eigenvalue weighted by Crippen LogP contribution is -1.97. The van der Waals surface area contributed by atoms with E-state index in [9.17, 15) is 0 Å². The van der Waals surface area contributed by atoms with Gasteiger partial charge in [0.1, 0.15) is 5.75 Å². The molecule has 2 aromatic rings. The van der Waals surface area contributed by atoms with Crippen molar-refractivity contribution < 1.29 is 4.74 Å². The lowest BCUT2D eigenvalue weighted by Gasteiger charge is -2.08. The summed E-state index contributed by atoms with van der Waals surface area (Å²) in [5.74, 6) is 0.943. The van der Waals surface area contributed by atoms with Crippen molar-refractivity contribution in [1.82, 2.24) is 15.0 Å². The van der Waals surface area contributed by atoms with Gasteiger partial charge in [-0.05, 0) is 49.9 Å². The number of benzene rings is 1. The molecule has 0 amide bonds. The average Bonchev–Trinajstić information content (AvgIpc) is 2.74. The highest BCUT2D eigenvalue weighted by molar-refractivity contribution is 5.35. The maximum atomic E-state index is 5.48. The third kappa shape index (κ3) is 3.09. The summed E-state index contributed by atoms with van der Waals surface area (Å²) in [7, 11) is 1.89. The Morgan fingerprint density at radius 3 is 2.72 bits per heavy atom. The van der Waals surface area contributed by atoms with Gasteiger partial charge in [0.2, 0.25) is 0 Å². The minimum absolute atomic E-state index is 0.707. The van der Waals surface area contributed by atoms with Gasteiger partial charge in [-0.2, -0.15) is 0 Å². The van der Waals surface area contributed by atoms with E-state index in [-0.39, 0.29) is 0 Å². The van der Waals surface area contributed by atoms with E-state index in [0.29, 0.717) is 6.61 Å². The summed E-state index contributed by atoms with van der Waals surface area (Å²) in [5, 5.41) is 8.03. The van der Waals surface area contributed by atoms with Crippen molar-refractivity contribution in [3.63, 3.8) is 0 Å². The van der Waals surface area contributed by atoms with E-state index in [1.165, 1.54) is 11.1 Å². The zero-order chi connectivity index (χ0) is 13.0. The number of hydrogen-bond donors (Lipinski definition) is 0. The third-order valence-corrected chi connectivity index (χ3v) is 2.93. The van der Waals surface area contributed by atoms with Crippen molar-refractivity contribution in [1.29, 1.82) is 0 Å². The number of hydrogen-bond acceptors (Lipinski definition) is 3. The number of ether oxygens (including phenoxy) is 1. The van der Waals surface area contributed by atoms with Crippen LogP contribution in [-0.2, 0) is 19.9 Å². The monoisotopic (exact) mass is 245 g/mol. The molecule has 0 aliphatic carbocycles. The van der Waals surface area contributed by atoms with Gasteiger partial charge in [0, 0.05) is 13.2 Å². The van der Waals surface area contributed by atoms with Crippen LogP contribution in [-0.4, -0.2) is 21.6 Å². The molecule has 18 heavy (non-hydrogen) atoms. The largest absolute Gasteiger partial charge is 0.494 e. The van der Waals surface area contributed by atoms with E-state index in [4.69, 9.17) is 4.74 Å². The summed E-state index contributed by atoms with van der Waals surface area (Å²) in [6.07, 6.45) is 3.86. The molecule has 4 heteroatoms. The number of rotatable bonds is 5. The third-order valence-electron chi connectivity index (χ3n) is 2.93. The van der Waals surface area contributed by atoms with Crippen LogP contribution in [0.1, 0.15) is 23.7 Å². The SMILES string of the molecule is CCOc1ccc(CCc2cn(C)nn2)c(C)c1. The van der Waals surface area contributed by atoms with E-state index >= 15 is 0 Å². The molecular weight excluding hydrogens is 226 g/mol. The minimum Gasteiger partial charge on any atom is -0.494 e. The van der Waals surface area contributed by atoms with Gasteiger partial charge in [0.15, 0.2) is 0 Å². The van der Waals surface area contributed by atoms with Crippen LogP contribution in [0, 0.1) is 6.92 Å². The average molecular weight is 245 g/mol. The van der Waals surface area contributed by atoms with E-state index in [2.05, 4.69) is 29.4 Å². The standard InChI is InChI=1S/C14H19N3O/c1-4-18-14-8-6-12(11(2)9-14)5-7-13-10-17(3)16-15-13/h6,8-10H,4-5,7H2,1-3H3. The van der Waals surface area contributed by atoms with Crippen LogP contribution in [0.5, 0.6) is 5.75 Å². The van der Waals surface area contributed by atoms with Gasteiger partial charge in [0.05, 0.1) is 12.3 Å². The minimum atomic E-state index is 0.707. The first-order chi connectivity index (χ1) is 8.69. The molecule has 0 aliphatic rings. The second-order valence-electron chi connectivity index (χ2n) is 4.40. The molecule has 1 aromatic heterocycles. The van der Waals surface area contributed by atoms with Crippen LogP contribution < -0.4 is 4.74 Å². The van der Waals surface area contributed by atoms with Crippen molar-refractivity contribution in [2.24, 2.45) is 7.05 Å². The highest BCUT2D eigenvalue weighted by Gasteiger charge is 2.03. The van der Waals surface area contributed by atoms with Crippen LogP contribution in [0.4, 0.5) is 0 Å². The Kier molecular flexibility index (Phi) is 3.97. The molecule has 0 aliphatic heterocycles. The lowest BCUT2D eigenvalue weighted by molar-refractivity contribution is 0.340. The first-order valence-electron chi connectivity index (χ1n) is 6.26. The van der Waals surface area contributed by atoms with Crippen LogP contribution in [0.3, 0.4) is 0 Å². The molecular formula is C14H19N3O. The number of nitrogens with zero attached hydrogens (tertiary/aromatic N) is 3. The topological polar surface area (TPSA) is 39.9 Å². The Morgan fingerprint density at radius 2 is 2.11 bits per heavy atom. The van der Waals surface area contributed by atoms with Crippen molar-refractivity contribution in [3.8, 4) is 5.75 Å². The normalized spacial score (nSPS) is 10.6. The van der Waals surface area contributed by atoms with Gasteiger partial charge in [-0.25, -0.2) is 0 Å². The van der Waals surface area contributed by atoms with Gasteiger partial charge in [-0.15, -0.1) is 5.10 Å². The lowest BCUT2D eigenvalue weighted by atomic mass is 10.0. The van der Waals surface area contributed by atoms with Crippen LogP contribution >= 0.6 is 0 Å². The predicted octanol–water partition coefficient (Wildman–Crippen LogP) is 2.31. The summed E-state index contributed by atoms with van der Waals surface area (Å²) in [5.41, 5.74) is 3.64. The Bertz CT molecular complexity index is 520. The first-order valence-corrected chi connectivity index (χ1v) is 6.26. The van der Waals surface area contributed by atoms with Crippen molar-refractivity contribution in [3.05, 3.63) is 41.2 Å². The molecule has 1 aromatic carbocycles. The Labute approximate surface area is 108 Å². The molecule has 4 nitrogen and oxygen atoms in total. The fraction of sp³-hybridized carbons (Fsp3) is 0.429. The molecule has 0 bridgehead atoms. The molecule has 2 rings (SSSR count). The summed E-state index contributed by atoms with van der Waals surface area (Å²) in [6.45, 7) is 4.82. The molecule has 0 spiro atoms. The van der Waals surface area contributed by atoms with E-state index in [1.54, 1.807) is 4.68 Å². The second kappa shape index (κ2) is 5.67. The molecule has 0 N–H and O–H groups in total. The van der Waals surface area contributed by atoms with Crippen molar-refractivity contribution in [2.45, 2.75) is 26.7 Å². The zero-order valence-corrected chi connectivity index (χ0v) is 11.2. The quantitative estimate of drug-likeness (QED) is 0.811. The molecule has 0 atom stereocenters. The number of aromatic nitrogens is 3. The van der Waals surface area contributed by atoms with Gasteiger partial charge in [-0.1, -0.05) is 11.3 Å². The smallest absolute Gasteiger partial charge is 0.119 e. The van der Waals surface area contributed by atoms with Crippen molar-refractivity contribution in [2.75, 3.05) is 6.61 Å². The Balaban J connectivity index is 2.01. The fourth-order valence-electron chi connectivity index (χ4n) is 1.98. The van der Waals surface area contributed by atoms with E-state index in [0.717, 1.165) is 24.3 Å². The summed E-state index contributed by atoms with van der Waals surface area (Å²) in [4.78, 5) is 0. The maximum absolute atomic E-state index is 5.48. The highest BCUT2D eigenvalue weighted by atomic mass is 16.5. The second-order valence-corrected chi connectivity index (χ2v) is 4.40. The molecule has 96 valence electrons. The fourth-order valence-corrected chi connectivity index (χ4v) is 1.98. The van der Waals surface area contributed by atoms with Crippen LogP contribution in [0.25, 0.3) is 0 Å². The summed E-state index contributed by atoms with van der Waals surface area (Å²) >= 11 is 0. The van der Waals surface area contributed by atoms with Gasteiger partial charge in [-0.3, -0.25) is 4.68 Å². The van der Waals surface area contributed by atoms with Gasteiger partial charge < -0.3 is 4.74 Å². The van der Waals surface area contributed by atoms with Gasteiger partial charge in [0.25, 0.3) is 0 Å². The van der Waals surface area contributed by atoms with Gasteiger partial charge >= 0.3 is 0 Å². The van der Waals surface area contributed by atoms with Crippen LogP contribution in [0.2, 0.25) is 0 Å². The zero-order valence-electron chi connectivity index (χ0n) is 11.2. The summed E-state index contributed by atoms with van der Waals surface area (Å²) in [6, 6.07) is 6.26. The maximum Gasteiger partial charge on any atom is 0.119 e. The molecule has 0 saturated heterocycles. The highest BCUT2D eigenvalue weighted by Crippen LogP contribution is 2.18. The molecule has 0 unspecified atom stereocenters. The van der Waals surface area contributed by atoms with E-state index < -0.39 is 0 Å². The summed E-state index contributed by atoms with van der Waals surface area (Å²) < 4.78 is 7.22. The first kappa shape index (κ1) is 12.6. The number of aryl methyl sites for hydroxylation is 4. The van der Waals surface area contributed by atoms with E-state index in [1.807, 2.05) is 26.2 Å². The van der Waals surface area contributed by atoms with Crippen molar-refractivity contribution >= 4 is 0 Å². The molecule has 0 radical (unpaired) electrons. The molecule has 1 heterocycles.